The summed E-state index contributed by atoms with van der Waals surface area (Å²) in [6.07, 6.45) is 2.68. The molecule has 1 aliphatic heterocycles. The summed E-state index contributed by atoms with van der Waals surface area (Å²) in [5, 5.41) is 4.98. The molecule has 0 spiro atoms. The molecule has 0 aliphatic carbocycles. The Labute approximate surface area is 213 Å². The maximum atomic E-state index is 13.4. The van der Waals surface area contributed by atoms with Crippen LogP contribution in [-0.2, 0) is 16.1 Å². The summed E-state index contributed by atoms with van der Waals surface area (Å²) >= 11 is 0. The molecule has 0 radical (unpaired) electrons. The Hall–Kier alpha value is -3.67. The van der Waals surface area contributed by atoms with Gasteiger partial charge in [0.2, 0.25) is 11.8 Å². The number of nitrogens with zero attached hydrogens (tertiary/aromatic N) is 2. The summed E-state index contributed by atoms with van der Waals surface area (Å²) in [4.78, 5) is 42.7. The van der Waals surface area contributed by atoms with Gasteiger partial charge < -0.3 is 15.1 Å². The Morgan fingerprint density at radius 1 is 1.00 bits per heavy atom. The van der Waals surface area contributed by atoms with E-state index in [9.17, 15) is 14.4 Å². The summed E-state index contributed by atoms with van der Waals surface area (Å²) < 4.78 is 0. The van der Waals surface area contributed by atoms with Crippen LogP contribution in [0.5, 0.6) is 0 Å². The third-order valence-electron chi connectivity index (χ3n) is 6.89. The highest BCUT2D eigenvalue weighted by atomic mass is 16.2. The zero-order valence-electron chi connectivity index (χ0n) is 21.4. The van der Waals surface area contributed by atoms with Crippen LogP contribution < -0.4 is 10.2 Å². The lowest BCUT2D eigenvalue weighted by Gasteiger charge is -2.29. The first kappa shape index (κ1) is 25.4. The van der Waals surface area contributed by atoms with E-state index in [0.29, 0.717) is 31.6 Å². The predicted octanol–water partition coefficient (Wildman–Crippen LogP) is 5.22. The average molecular weight is 486 g/mol. The summed E-state index contributed by atoms with van der Waals surface area (Å²) in [6, 6.07) is 19.2. The van der Waals surface area contributed by atoms with Crippen LogP contribution in [0.1, 0.15) is 61.0 Å². The maximum absolute atomic E-state index is 13.4. The Kier molecular flexibility index (Phi) is 8.04. The number of anilines is 1. The lowest BCUT2D eigenvalue weighted by atomic mass is 10.1. The lowest BCUT2D eigenvalue weighted by molar-refractivity contribution is -0.140. The van der Waals surface area contributed by atoms with E-state index >= 15 is 0 Å². The van der Waals surface area contributed by atoms with E-state index in [1.807, 2.05) is 67.6 Å². The van der Waals surface area contributed by atoms with Gasteiger partial charge >= 0.3 is 0 Å². The van der Waals surface area contributed by atoms with E-state index in [4.69, 9.17) is 0 Å². The van der Waals surface area contributed by atoms with Gasteiger partial charge in [-0.15, -0.1) is 0 Å². The molecule has 1 atom stereocenters. The smallest absolute Gasteiger partial charge is 0.258 e. The fourth-order valence-electron chi connectivity index (χ4n) is 4.74. The molecule has 1 heterocycles. The molecule has 3 aromatic rings. The van der Waals surface area contributed by atoms with Gasteiger partial charge in [0, 0.05) is 37.0 Å². The molecule has 1 N–H and O–H groups in total. The van der Waals surface area contributed by atoms with Crippen LogP contribution in [0.15, 0.2) is 60.7 Å². The van der Waals surface area contributed by atoms with Gasteiger partial charge in [-0.1, -0.05) is 67.4 Å². The van der Waals surface area contributed by atoms with E-state index in [1.54, 1.807) is 16.7 Å². The molecular formula is C30H35N3O3. The molecule has 6 nitrogen and oxygen atoms in total. The Bertz CT molecular complexity index is 1250. The summed E-state index contributed by atoms with van der Waals surface area (Å²) in [5.74, 6) is -0.244. The number of unbranched alkanes of at least 4 members (excludes halogenated alkanes) is 1. The lowest BCUT2D eigenvalue weighted by Crippen LogP contribution is -2.47. The summed E-state index contributed by atoms with van der Waals surface area (Å²) in [6.45, 7) is 7.31. The number of benzene rings is 3. The normalized spacial score (nSPS) is 13.2. The molecule has 188 valence electrons. The minimum Gasteiger partial charge on any atom is -0.354 e. The monoisotopic (exact) mass is 485 g/mol. The molecule has 0 aromatic heterocycles. The topological polar surface area (TPSA) is 69.7 Å². The van der Waals surface area contributed by atoms with Crippen LogP contribution in [0.4, 0.5) is 5.69 Å². The van der Waals surface area contributed by atoms with Gasteiger partial charge in [0.15, 0.2) is 0 Å². The van der Waals surface area contributed by atoms with Crippen molar-refractivity contribution < 1.29 is 14.4 Å². The summed E-state index contributed by atoms with van der Waals surface area (Å²) in [7, 11) is 0. The van der Waals surface area contributed by atoms with Gasteiger partial charge in [0.1, 0.15) is 6.04 Å². The highest BCUT2D eigenvalue weighted by Gasteiger charge is 2.30. The van der Waals surface area contributed by atoms with Crippen molar-refractivity contribution in [3.05, 3.63) is 77.4 Å². The molecule has 3 aromatic carbocycles. The van der Waals surface area contributed by atoms with E-state index in [1.165, 1.54) is 0 Å². The van der Waals surface area contributed by atoms with Gasteiger partial charge in [0.25, 0.3) is 5.91 Å². The third-order valence-corrected chi connectivity index (χ3v) is 6.89. The van der Waals surface area contributed by atoms with Gasteiger partial charge in [-0.2, -0.15) is 0 Å². The van der Waals surface area contributed by atoms with Crippen LogP contribution in [-0.4, -0.2) is 41.8 Å². The Balaban J connectivity index is 1.44. The quantitative estimate of drug-likeness (QED) is 0.379. The second kappa shape index (κ2) is 11.4. The predicted molar refractivity (Wildman–Crippen MR) is 144 cm³/mol. The number of hydrogen-bond acceptors (Lipinski definition) is 3. The molecule has 0 unspecified atom stereocenters. The van der Waals surface area contributed by atoms with E-state index in [0.717, 1.165) is 40.4 Å². The number of carbonyl (C=O) groups excluding carboxylic acids is 3. The molecular weight excluding hydrogens is 450 g/mol. The van der Waals surface area contributed by atoms with Crippen LogP contribution >= 0.6 is 0 Å². The van der Waals surface area contributed by atoms with E-state index in [-0.39, 0.29) is 24.1 Å². The molecule has 0 bridgehead atoms. The Morgan fingerprint density at radius 2 is 1.72 bits per heavy atom. The van der Waals surface area contributed by atoms with Crippen LogP contribution in [0.3, 0.4) is 0 Å². The Morgan fingerprint density at radius 3 is 2.44 bits per heavy atom. The zero-order valence-corrected chi connectivity index (χ0v) is 21.4. The highest BCUT2D eigenvalue weighted by molar-refractivity contribution is 6.25. The average Bonchev–Trinajstić information content (AvgIpc) is 3.16. The first-order valence-electron chi connectivity index (χ1n) is 12.9. The van der Waals surface area contributed by atoms with Crippen molar-refractivity contribution >= 4 is 34.2 Å². The third kappa shape index (κ3) is 5.43. The number of rotatable bonds is 11. The number of aryl methyl sites for hydroxylation is 1. The minimum atomic E-state index is -0.581. The van der Waals surface area contributed by atoms with Crippen molar-refractivity contribution in [3.63, 3.8) is 0 Å². The maximum Gasteiger partial charge on any atom is 0.258 e. The zero-order chi connectivity index (χ0) is 25.7. The SMILES string of the molecule is CCCCNC(=O)[C@@H](C)N(Cc1ccc(C)cc1)C(=O)CCCN1C(=O)c2cccc3cccc1c23. The highest BCUT2D eigenvalue weighted by Crippen LogP contribution is 2.37. The van der Waals surface area contributed by atoms with Crippen molar-refractivity contribution in [2.24, 2.45) is 0 Å². The second-order valence-electron chi connectivity index (χ2n) is 9.57. The van der Waals surface area contributed by atoms with E-state index < -0.39 is 6.04 Å². The number of amides is 3. The van der Waals surface area contributed by atoms with Crippen molar-refractivity contribution in [2.75, 3.05) is 18.0 Å². The summed E-state index contributed by atoms with van der Waals surface area (Å²) in [5.41, 5.74) is 3.75. The van der Waals surface area contributed by atoms with Crippen molar-refractivity contribution in [2.45, 2.75) is 59.0 Å². The number of hydrogen-bond donors (Lipinski definition) is 1. The molecule has 6 heteroatoms. The standard InChI is InChI=1S/C30H35N3O3/c1-4-5-18-31-29(35)22(3)33(20-23-16-14-21(2)15-17-23)27(34)13-8-19-32-26-12-7-10-24-9-6-11-25(28(24)26)30(32)36/h6-7,9-12,14-17,22H,4-5,8,13,18-20H2,1-3H3,(H,31,35)/t22-/m1/s1. The van der Waals surface area contributed by atoms with Crippen LogP contribution in [0.25, 0.3) is 10.8 Å². The number of nitrogens with one attached hydrogen (secondary N) is 1. The van der Waals surface area contributed by atoms with Crippen molar-refractivity contribution in [1.82, 2.24) is 10.2 Å². The van der Waals surface area contributed by atoms with Crippen LogP contribution in [0, 0.1) is 6.92 Å². The fraction of sp³-hybridized carbons (Fsp3) is 0.367. The minimum absolute atomic E-state index is 0.0190. The molecule has 0 saturated carbocycles. The molecule has 4 rings (SSSR count). The van der Waals surface area contributed by atoms with Crippen LogP contribution in [0.2, 0.25) is 0 Å². The molecule has 1 aliphatic rings. The van der Waals surface area contributed by atoms with Gasteiger partial charge in [-0.25, -0.2) is 0 Å². The fourth-order valence-corrected chi connectivity index (χ4v) is 4.74. The van der Waals surface area contributed by atoms with Crippen molar-refractivity contribution in [1.29, 1.82) is 0 Å². The first-order valence-corrected chi connectivity index (χ1v) is 12.9. The van der Waals surface area contributed by atoms with Gasteiger partial charge in [-0.3, -0.25) is 14.4 Å². The molecule has 0 fully saturated rings. The van der Waals surface area contributed by atoms with Gasteiger partial charge in [-0.05, 0) is 49.8 Å². The molecule has 0 saturated heterocycles. The molecule has 3 amide bonds. The van der Waals surface area contributed by atoms with E-state index in [2.05, 4.69) is 12.2 Å². The largest absolute Gasteiger partial charge is 0.354 e. The van der Waals surface area contributed by atoms with Gasteiger partial charge in [0.05, 0.1) is 5.69 Å². The van der Waals surface area contributed by atoms with Crippen molar-refractivity contribution in [3.8, 4) is 0 Å². The molecule has 36 heavy (non-hydrogen) atoms. The second-order valence-corrected chi connectivity index (χ2v) is 9.57. The first-order chi connectivity index (χ1) is 17.4. The number of carbonyl (C=O) groups is 3.